The maximum atomic E-state index is 13.4. The van der Waals surface area contributed by atoms with Crippen LogP contribution in [0.5, 0.6) is 11.5 Å². The van der Waals surface area contributed by atoms with Crippen molar-refractivity contribution in [2.24, 2.45) is 0 Å². The number of hydrogen-bond acceptors (Lipinski definition) is 5. The first-order chi connectivity index (χ1) is 15.2. The number of ether oxygens (including phenoxy) is 2. The van der Waals surface area contributed by atoms with Gasteiger partial charge in [-0.1, -0.05) is 42.5 Å². The quantitative estimate of drug-likeness (QED) is 0.446. The summed E-state index contributed by atoms with van der Waals surface area (Å²) in [6.07, 6.45) is 1.85. The highest BCUT2D eigenvalue weighted by Gasteiger charge is 2.22. The van der Waals surface area contributed by atoms with Crippen LogP contribution >= 0.6 is 11.3 Å². The molecule has 0 fully saturated rings. The Morgan fingerprint density at radius 1 is 1.06 bits per heavy atom. The Hall–Kier alpha value is -3.58. The predicted molar refractivity (Wildman–Crippen MR) is 119 cm³/mol. The summed E-state index contributed by atoms with van der Waals surface area (Å²) in [4.78, 5) is 16.1. The van der Waals surface area contributed by atoms with Crippen LogP contribution in [0.25, 0.3) is 10.6 Å². The van der Waals surface area contributed by atoms with E-state index in [0.717, 1.165) is 21.8 Å². The Balaban J connectivity index is 1.41. The molecule has 0 spiro atoms. The van der Waals surface area contributed by atoms with Crippen LogP contribution in [0.3, 0.4) is 0 Å². The van der Waals surface area contributed by atoms with E-state index in [1.165, 1.54) is 0 Å². The Labute approximate surface area is 184 Å². The number of nitrogens with zero attached hydrogens (tertiary/aromatic N) is 3. The number of hydrogen-bond donors (Lipinski definition) is 0. The molecular formula is C24H21N3O3S. The normalized spacial score (nSPS) is 12.2. The van der Waals surface area contributed by atoms with Crippen molar-refractivity contribution in [3.05, 3.63) is 88.9 Å². The largest absolute Gasteiger partial charge is 0.454 e. The number of benzene rings is 2. The first-order valence-corrected chi connectivity index (χ1v) is 10.8. The van der Waals surface area contributed by atoms with Crippen LogP contribution in [-0.2, 0) is 13.1 Å². The zero-order valence-electron chi connectivity index (χ0n) is 17.0. The fourth-order valence-corrected chi connectivity index (χ4v) is 4.34. The Morgan fingerprint density at radius 3 is 2.71 bits per heavy atom. The third-order valence-corrected chi connectivity index (χ3v) is 6.01. The van der Waals surface area contributed by atoms with Gasteiger partial charge in [-0.25, -0.2) is 0 Å². The third kappa shape index (κ3) is 4.04. The number of carbonyl (C=O) groups excluding carboxylic acids is 1. The van der Waals surface area contributed by atoms with Gasteiger partial charge in [-0.2, -0.15) is 5.10 Å². The molecule has 1 aliphatic rings. The number of rotatable bonds is 6. The Kier molecular flexibility index (Phi) is 5.18. The van der Waals surface area contributed by atoms with Crippen molar-refractivity contribution in [2.75, 3.05) is 13.8 Å². The lowest BCUT2D eigenvalue weighted by Gasteiger charge is -2.17. The molecule has 4 aromatic rings. The molecule has 0 saturated heterocycles. The molecular weight excluding hydrogens is 410 g/mol. The van der Waals surface area contributed by atoms with Gasteiger partial charge in [-0.05, 0) is 34.7 Å². The number of aromatic nitrogens is 2. The van der Waals surface area contributed by atoms with E-state index >= 15 is 0 Å². The van der Waals surface area contributed by atoms with E-state index in [2.05, 4.69) is 12.1 Å². The van der Waals surface area contributed by atoms with Gasteiger partial charge in [0, 0.05) is 19.8 Å². The van der Waals surface area contributed by atoms with Crippen molar-refractivity contribution < 1.29 is 14.3 Å². The number of fused-ring (bicyclic) bond motifs is 1. The molecule has 5 rings (SSSR count). The summed E-state index contributed by atoms with van der Waals surface area (Å²) in [5, 5.41) is 6.74. The van der Waals surface area contributed by atoms with Gasteiger partial charge in [0.25, 0.3) is 5.91 Å². The van der Waals surface area contributed by atoms with E-state index in [1.54, 1.807) is 23.3 Å². The highest BCUT2D eigenvalue weighted by molar-refractivity contribution is 7.13. The monoisotopic (exact) mass is 431 g/mol. The van der Waals surface area contributed by atoms with Crippen molar-refractivity contribution in [3.63, 3.8) is 0 Å². The van der Waals surface area contributed by atoms with Crippen molar-refractivity contribution in [2.45, 2.75) is 13.1 Å². The Bertz CT molecular complexity index is 1200. The molecule has 1 amide bonds. The summed E-state index contributed by atoms with van der Waals surface area (Å²) in [5.74, 6) is 1.38. The maximum absolute atomic E-state index is 13.4. The average Bonchev–Trinajstić information content (AvgIpc) is 3.54. The summed E-state index contributed by atoms with van der Waals surface area (Å²) in [6, 6.07) is 19.8. The van der Waals surface area contributed by atoms with Crippen molar-refractivity contribution >= 4 is 17.2 Å². The highest BCUT2D eigenvalue weighted by atomic mass is 32.1. The van der Waals surface area contributed by atoms with Crippen LogP contribution in [0.15, 0.2) is 72.2 Å². The van der Waals surface area contributed by atoms with E-state index < -0.39 is 0 Å². The lowest BCUT2D eigenvalue weighted by atomic mass is 10.1. The first kappa shape index (κ1) is 19.4. The van der Waals surface area contributed by atoms with Gasteiger partial charge < -0.3 is 14.4 Å². The maximum Gasteiger partial charge on any atom is 0.257 e. The lowest BCUT2D eigenvalue weighted by molar-refractivity contribution is 0.0785. The molecule has 0 atom stereocenters. The minimum Gasteiger partial charge on any atom is -0.454 e. The lowest BCUT2D eigenvalue weighted by Crippen LogP contribution is -2.26. The summed E-state index contributed by atoms with van der Waals surface area (Å²) in [7, 11) is 1.81. The second kappa shape index (κ2) is 8.28. The van der Waals surface area contributed by atoms with E-state index in [0.29, 0.717) is 30.1 Å². The standard InChI is InChI=1S/C24H21N3O3S/c1-26(13-18-9-10-20-21(12-18)30-16-29-20)24(28)19-15-27(14-17-6-3-2-4-7-17)25-23(19)22-8-5-11-31-22/h2-12,15H,13-14,16H2,1H3. The molecule has 6 nitrogen and oxygen atoms in total. The number of thiophene rings is 1. The van der Waals surface area contributed by atoms with E-state index in [1.807, 2.05) is 64.8 Å². The second-order valence-electron chi connectivity index (χ2n) is 7.40. The third-order valence-electron chi connectivity index (χ3n) is 5.14. The molecule has 0 N–H and O–H groups in total. The van der Waals surface area contributed by atoms with E-state index in [-0.39, 0.29) is 12.7 Å². The van der Waals surface area contributed by atoms with Crippen LogP contribution in [0.2, 0.25) is 0 Å². The van der Waals surface area contributed by atoms with Gasteiger partial charge >= 0.3 is 0 Å². The summed E-state index contributed by atoms with van der Waals surface area (Å²) in [6.45, 7) is 1.31. The van der Waals surface area contributed by atoms with Crippen molar-refractivity contribution in [1.29, 1.82) is 0 Å². The highest BCUT2D eigenvalue weighted by Crippen LogP contribution is 2.33. The van der Waals surface area contributed by atoms with Crippen LogP contribution < -0.4 is 9.47 Å². The second-order valence-corrected chi connectivity index (χ2v) is 8.35. The zero-order valence-corrected chi connectivity index (χ0v) is 17.8. The molecule has 3 heterocycles. The van der Waals surface area contributed by atoms with Crippen LogP contribution in [0.4, 0.5) is 0 Å². The average molecular weight is 432 g/mol. The molecule has 156 valence electrons. The summed E-state index contributed by atoms with van der Waals surface area (Å²) in [5.41, 5.74) is 3.43. The fourth-order valence-electron chi connectivity index (χ4n) is 3.62. The van der Waals surface area contributed by atoms with Gasteiger partial charge in [0.2, 0.25) is 6.79 Å². The summed E-state index contributed by atoms with van der Waals surface area (Å²) >= 11 is 1.58. The summed E-state index contributed by atoms with van der Waals surface area (Å²) < 4.78 is 12.7. The van der Waals surface area contributed by atoms with Crippen LogP contribution in [0.1, 0.15) is 21.5 Å². The molecule has 2 aromatic carbocycles. The van der Waals surface area contributed by atoms with E-state index in [9.17, 15) is 4.79 Å². The molecule has 31 heavy (non-hydrogen) atoms. The molecule has 2 aromatic heterocycles. The fraction of sp³-hybridized carbons (Fsp3) is 0.167. The van der Waals surface area contributed by atoms with Gasteiger partial charge in [0.05, 0.1) is 17.0 Å². The molecule has 7 heteroatoms. The molecule has 1 aliphatic heterocycles. The van der Waals surface area contributed by atoms with E-state index in [4.69, 9.17) is 14.6 Å². The molecule has 0 radical (unpaired) electrons. The zero-order chi connectivity index (χ0) is 21.2. The molecule has 0 unspecified atom stereocenters. The van der Waals surface area contributed by atoms with Crippen molar-refractivity contribution in [1.82, 2.24) is 14.7 Å². The first-order valence-electron chi connectivity index (χ1n) is 9.96. The van der Waals surface area contributed by atoms with Gasteiger partial charge in [0.1, 0.15) is 5.69 Å². The van der Waals surface area contributed by atoms with Gasteiger partial charge in [0.15, 0.2) is 11.5 Å². The number of carbonyl (C=O) groups is 1. The topological polar surface area (TPSA) is 56.6 Å². The molecule has 0 aliphatic carbocycles. The Morgan fingerprint density at radius 2 is 1.90 bits per heavy atom. The minimum atomic E-state index is -0.0691. The smallest absolute Gasteiger partial charge is 0.257 e. The van der Waals surface area contributed by atoms with Crippen molar-refractivity contribution in [3.8, 4) is 22.1 Å². The molecule has 0 bridgehead atoms. The number of amides is 1. The SMILES string of the molecule is CN(Cc1ccc2c(c1)OCO2)C(=O)c1cn(Cc2ccccc2)nc1-c1cccs1. The van der Waals surface area contributed by atoms with Crippen LogP contribution in [0, 0.1) is 0 Å². The van der Waals surface area contributed by atoms with Gasteiger partial charge in [-0.3, -0.25) is 9.48 Å². The predicted octanol–water partition coefficient (Wildman–Crippen LogP) is 4.66. The van der Waals surface area contributed by atoms with Crippen LogP contribution in [-0.4, -0.2) is 34.4 Å². The van der Waals surface area contributed by atoms with Gasteiger partial charge in [-0.15, -0.1) is 11.3 Å². The molecule has 0 saturated carbocycles. The minimum absolute atomic E-state index is 0.0691.